The van der Waals surface area contributed by atoms with Crippen molar-refractivity contribution in [2.45, 2.75) is 25.4 Å². The third kappa shape index (κ3) is 3.18. The Morgan fingerprint density at radius 3 is 2.06 bits per heavy atom. The summed E-state index contributed by atoms with van der Waals surface area (Å²) in [5.41, 5.74) is 2.64. The quantitative estimate of drug-likeness (QED) is 0.584. The molecule has 1 aliphatic heterocycles. The van der Waals surface area contributed by atoms with Crippen LogP contribution >= 0.6 is 0 Å². The summed E-state index contributed by atoms with van der Waals surface area (Å²) < 4.78 is 0. The van der Waals surface area contributed by atoms with Crippen molar-refractivity contribution in [1.29, 1.82) is 0 Å². The van der Waals surface area contributed by atoms with E-state index in [-0.39, 0.29) is 11.6 Å². The highest BCUT2D eigenvalue weighted by atomic mass is 16.2. The first kappa shape index (κ1) is 20.7. The number of hydrogen-bond acceptors (Lipinski definition) is 6. The third-order valence-corrected chi connectivity index (χ3v) is 6.75. The zero-order valence-corrected chi connectivity index (χ0v) is 18.2. The van der Waals surface area contributed by atoms with Gasteiger partial charge in [-0.05, 0) is 17.5 Å². The average molecular weight is 427 g/mol. The van der Waals surface area contributed by atoms with Crippen molar-refractivity contribution >= 4 is 11.6 Å². The third-order valence-electron chi connectivity index (χ3n) is 6.75. The van der Waals surface area contributed by atoms with Gasteiger partial charge < -0.3 is 0 Å². The lowest BCUT2D eigenvalue weighted by molar-refractivity contribution is 0.0265. The molecule has 0 saturated carbocycles. The van der Waals surface area contributed by atoms with Crippen LogP contribution in [-0.4, -0.2) is 57.5 Å². The van der Waals surface area contributed by atoms with Crippen LogP contribution in [0.3, 0.4) is 0 Å². The summed E-state index contributed by atoms with van der Waals surface area (Å²) in [5.74, 6) is -0.383. The van der Waals surface area contributed by atoms with Gasteiger partial charge in [0.2, 0.25) is 0 Å². The van der Waals surface area contributed by atoms with Crippen molar-refractivity contribution in [2.75, 3.05) is 26.2 Å². The standard InChI is InChI=1S/C26H26N4O2/c1-2-19-7-3-4-8-20(19)18-29-13-15-30(16-14-29)26(23-17-27-11-12-28-23)24(31)21-9-5-6-10-22(21)25(26)32/h3-12,17H,2,13-16,18H2,1H3. The number of hydrogen-bond donors (Lipinski definition) is 0. The van der Waals surface area contributed by atoms with Crippen LogP contribution in [0.2, 0.25) is 0 Å². The fourth-order valence-corrected chi connectivity index (χ4v) is 5.08. The Hall–Kier alpha value is -3.22. The Balaban J connectivity index is 1.44. The maximum absolute atomic E-state index is 13.7. The molecular weight excluding hydrogens is 400 g/mol. The molecule has 0 amide bonds. The Kier molecular flexibility index (Phi) is 5.41. The van der Waals surface area contributed by atoms with Gasteiger partial charge in [-0.3, -0.25) is 29.4 Å². The second-order valence-corrected chi connectivity index (χ2v) is 8.39. The first-order chi connectivity index (χ1) is 15.7. The molecule has 0 unspecified atom stereocenters. The van der Waals surface area contributed by atoms with E-state index in [2.05, 4.69) is 46.1 Å². The molecule has 0 N–H and O–H groups in total. The molecule has 2 heterocycles. The molecule has 1 aliphatic carbocycles. The Morgan fingerprint density at radius 2 is 1.47 bits per heavy atom. The van der Waals surface area contributed by atoms with E-state index in [0.29, 0.717) is 29.9 Å². The Labute approximate surface area is 187 Å². The van der Waals surface area contributed by atoms with Crippen molar-refractivity contribution in [3.05, 3.63) is 95.1 Å². The number of rotatable bonds is 5. The minimum atomic E-state index is -1.43. The lowest BCUT2D eigenvalue weighted by Crippen LogP contribution is -2.60. The molecule has 5 rings (SSSR count). The molecule has 0 atom stereocenters. The molecule has 6 nitrogen and oxygen atoms in total. The average Bonchev–Trinajstić information content (AvgIpc) is 3.08. The second-order valence-electron chi connectivity index (χ2n) is 8.39. The largest absolute Gasteiger partial charge is 0.297 e. The van der Waals surface area contributed by atoms with Crippen molar-refractivity contribution in [3.63, 3.8) is 0 Å². The molecule has 162 valence electrons. The molecule has 2 aliphatic rings. The lowest BCUT2D eigenvalue weighted by atomic mass is 9.86. The molecule has 0 spiro atoms. The van der Waals surface area contributed by atoms with Crippen LogP contribution in [0.5, 0.6) is 0 Å². The number of aryl methyl sites for hydroxylation is 1. The molecule has 0 radical (unpaired) electrons. The lowest BCUT2D eigenvalue weighted by Gasteiger charge is -2.43. The molecule has 1 saturated heterocycles. The van der Waals surface area contributed by atoms with Gasteiger partial charge in [-0.25, -0.2) is 0 Å². The van der Waals surface area contributed by atoms with Gasteiger partial charge in [-0.1, -0.05) is 55.5 Å². The predicted molar refractivity (Wildman–Crippen MR) is 121 cm³/mol. The number of Topliss-reactive ketones (excluding diaryl/α,β-unsaturated/α-hetero) is 2. The summed E-state index contributed by atoms with van der Waals surface area (Å²) in [6, 6.07) is 15.6. The van der Waals surface area contributed by atoms with Gasteiger partial charge in [0, 0.05) is 56.2 Å². The van der Waals surface area contributed by atoms with Crippen LogP contribution in [0.15, 0.2) is 67.1 Å². The number of carbonyl (C=O) groups excluding carboxylic acids is 2. The maximum Gasteiger partial charge on any atom is 0.198 e. The smallest absolute Gasteiger partial charge is 0.198 e. The van der Waals surface area contributed by atoms with E-state index in [0.717, 1.165) is 26.1 Å². The zero-order chi connectivity index (χ0) is 22.1. The Bertz CT molecular complexity index is 1120. The number of benzene rings is 2. The SMILES string of the molecule is CCc1ccccc1CN1CCN(C2(c3cnccn3)C(=O)c3ccccc3C2=O)CC1. The highest BCUT2D eigenvalue weighted by molar-refractivity contribution is 6.32. The van der Waals surface area contributed by atoms with E-state index in [9.17, 15) is 9.59 Å². The summed E-state index contributed by atoms with van der Waals surface area (Å²) in [6.07, 6.45) is 5.69. The van der Waals surface area contributed by atoms with Crippen LogP contribution in [0.25, 0.3) is 0 Å². The number of carbonyl (C=O) groups is 2. The molecule has 6 heteroatoms. The number of nitrogens with zero attached hydrogens (tertiary/aromatic N) is 4. The molecule has 1 aromatic heterocycles. The van der Waals surface area contributed by atoms with Crippen LogP contribution in [-0.2, 0) is 18.5 Å². The number of ketones is 2. The summed E-state index contributed by atoms with van der Waals surface area (Å²) >= 11 is 0. The van der Waals surface area contributed by atoms with Gasteiger partial charge in [-0.15, -0.1) is 0 Å². The van der Waals surface area contributed by atoms with Crippen LogP contribution in [0.1, 0.15) is 44.5 Å². The summed E-state index contributed by atoms with van der Waals surface area (Å²) in [7, 11) is 0. The van der Waals surface area contributed by atoms with Gasteiger partial charge in [0.1, 0.15) is 0 Å². The van der Waals surface area contributed by atoms with E-state index >= 15 is 0 Å². The van der Waals surface area contributed by atoms with Crippen molar-refractivity contribution < 1.29 is 9.59 Å². The summed E-state index contributed by atoms with van der Waals surface area (Å²) in [5, 5.41) is 0. The Morgan fingerprint density at radius 1 is 0.844 bits per heavy atom. The van der Waals surface area contributed by atoms with Crippen molar-refractivity contribution in [1.82, 2.24) is 19.8 Å². The van der Waals surface area contributed by atoms with Crippen LogP contribution < -0.4 is 0 Å². The second kappa shape index (κ2) is 8.37. The zero-order valence-electron chi connectivity index (χ0n) is 18.2. The minimum absolute atomic E-state index is 0.191. The summed E-state index contributed by atoms with van der Waals surface area (Å²) in [6.45, 7) is 5.81. The van der Waals surface area contributed by atoms with E-state index in [1.165, 1.54) is 11.1 Å². The number of fused-ring (bicyclic) bond motifs is 1. The highest BCUT2D eigenvalue weighted by Crippen LogP contribution is 2.42. The highest BCUT2D eigenvalue weighted by Gasteiger charge is 2.59. The minimum Gasteiger partial charge on any atom is -0.297 e. The fourth-order valence-electron chi connectivity index (χ4n) is 5.08. The molecule has 0 bridgehead atoms. The van der Waals surface area contributed by atoms with Crippen molar-refractivity contribution in [2.24, 2.45) is 0 Å². The molecular formula is C26H26N4O2. The molecule has 1 fully saturated rings. The number of piperazine rings is 1. The molecule has 32 heavy (non-hydrogen) atoms. The maximum atomic E-state index is 13.7. The van der Waals surface area contributed by atoms with Gasteiger partial charge in [-0.2, -0.15) is 0 Å². The van der Waals surface area contributed by atoms with Crippen molar-refractivity contribution in [3.8, 4) is 0 Å². The molecule has 2 aromatic carbocycles. The van der Waals surface area contributed by atoms with Gasteiger partial charge in [0.05, 0.1) is 11.9 Å². The first-order valence-corrected chi connectivity index (χ1v) is 11.2. The topological polar surface area (TPSA) is 66.4 Å². The van der Waals surface area contributed by atoms with Gasteiger partial charge >= 0.3 is 0 Å². The first-order valence-electron chi connectivity index (χ1n) is 11.2. The monoisotopic (exact) mass is 426 g/mol. The molecule has 3 aromatic rings. The fraction of sp³-hybridized carbons (Fsp3) is 0.308. The van der Waals surface area contributed by atoms with E-state index < -0.39 is 5.54 Å². The van der Waals surface area contributed by atoms with Gasteiger partial charge in [0.25, 0.3) is 0 Å². The van der Waals surface area contributed by atoms with E-state index in [1.807, 2.05) is 4.90 Å². The normalized spacial score (nSPS) is 18.7. The van der Waals surface area contributed by atoms with Crippen LogP contribution in [0, 0.1) is 0 Å². The van der Waals surface area contributed by atoms with Gasteiger partial charge in [0.15, 0.2) is 17.1 Å². The van der Waals surface area contributed by atoms with E-state index in [1.54, 1.807) is 42.9 Å². The van der Waals surface area contributed by atoms with E-state index in [4.69, 9.17) is 0 Å². The summed E-state index contributed by atoms with van der Waals surface area (Å²) in [4.78, 5) is 40.5. The predicted octanol–water partition coefficient (Wildman–Crippen LogP) is 3.13. The number of aromatic nitrogens is 2. The van der Waals surface area contributed by atoms with Crippen LogP contribution in [0.4, 0.5) is 0 Å².